The first-order valence-corrected chi connectivity index (χ1v) is 7.06. The van der Waals surface area contributed by atoms with Gasteiger partial charge in [-0.15, -0.1) is 12.4 Å². The zero-order valence-corrected chi connectivity index (χ0v) is 12.1. The van der Waals surface area contributed by atoms with E-state index in [9.17, 15) is 9.59 Å². The molecular formula is C13H24ClN3O2. The molecule has 0 aromatic carbocycles. The Bertz CT molecular complexity index is 270. The quantitative estimate of drug-likeness (QED) is 0.803. The zero-order chi connectivity index (χ0) is 12.8. The van der Waals surface area contributed by atoms with Crippen molar-refractivity contribution in [2.45, 2.75) is 44.6 Å². The Morgan fingerprint density at radius 3 is 2.47 bits per heavy atom. The molecule has 2 amide bonds. The molecule has 1 atom stereocenters. The first-order chi connectivity index (χ1) is 8.77. The van der Waals surface area contributed by atoms with Crippen LogP contribution in [0.5, 0.6) is 0 Å². The molecule has 0 aliphatic carbocycles. The van der Waals surface area contributed by atoms with Crippen LogP contribution in [-0.4, -0.2) is 48.9 Å². The van der Waals surface area contributed by atoms with Gasteiger partial charge in [0.1, 0.15) is 0 Å². The van der Waals surface area contributed by atoms with E-state index in [1.165, 1.54) is 6.42 Å². The van der Waals surface area contributed by atoms with Crippen molar-refractivity contribution in [3.8, 4) is 0 Å². The fourth-order valence-corrected chi connectivity index (χ4v) is 2.62. The molecule has 0 bridgehead atoms. The second kappa shape index (κ2) is 8.38. The number of likely N-dealkylation sites (tertiary alicyclic amines) is 1. The summed E-state index contributed by atoms with van der Waals surface area (Å²) >= 11 is 0. The number of piperidine rings is 2. The summed E-state index contributed by atoms with van der Waals surface area (Å²) in [5.41, 5.74) is 0. The molecule has 0 saturated carbocycles. The van der Waals surface area contributed by atoms with Crippen LogP contribution in [0.2, 0.25) is 0 Å². The second-order valence-electron chi connectivity index (χ2n) is 5.16. The van der Waals surface area contributed by atoms with Crippen LogP contribution in [0.3, 0.4) is 0 Å². The average Bonchev–Trinajstić information content (AvgIpc) is 2.46. The van der Waals surface area contributed by atoms with Crippen LogP contribution in [0.25, 0.3) is 0 Å². The number of halogens is 1. The van der Waals surface area contributed by atoms with Crippen LogP contribution in [0.1, 0.15) is 38.5 Å². The Labute approximate surface area is 120 Å². The van der Waals surface area contributed by atoms with E-state index in [-0.39, 0.29) is 36.8 Å². The average molecular weight is 290 g/mol. The van der Waals surface area contributed by atoms with Gasteiger partial charge in [-0.25, -0.2) is 0 Å². The van der Waals surface area contributed by atoms with Crippen LogP contribution in [0.4, 0.5) is 0 Å². The molecule has 0 spiro atoms. The summed E-state index contributed by atoms with van der Waals surface area (Å²) in [7, 11) is 0. The number of rotatable bonds is 3. The predicted octanol–water partition coefficient (Wildman–Crippen LogP) is 0.679. The lowest BCUT2D eigenvalue weighted by molar-refractivity contribution is -0.134. The van der Waals surface area contributed by atoms with Crippen molar-refractivity contribution in [2.75, 3.05) is 26.2 Å². The van der Waals surface area contributed by atoms with E-state index >= 15 is 0 Å². The van der Waals surface area contributed by atoms with E-state index < -0.39 is 0 Å². The van der Waals surface area contributed by atoms with Gasteiger partial charge in [-0.3, -0.25) is 9.59 Å². The van der Waals surface area contributed by atoms with E-state index in [4.69, 9.17) is 0 Å². The molecular weight excluding hydrogens is 266 g/mol. The maximum Gasteiger partial charge on any atom is 0.241 e. The number of hydrogen-bond acceptors (Lipinski definition) is 3. The first-order valence-electron chi connectivity index (χ1n) is 7.06. The normalized spacial score (nSPS) is 23.4. The molecule has 0 unspecified atom stereocenters. The van der Waals surface area contributed by atoms with E-state index in [0.29, 0.717) is 0 Å². The Morgan fingerprint density at radius 2 is 1.84 bits per heavy atom. The molecule has 5 nitrogen and oxygen atoms in total. The van der Waals surface area contributed by atoms with Crippen molar-refractivity contribution in [2.24, 2.45) is 0 Å². The number of nitrogens with one attached hydrogen (secondary N) is 2. The number of hydrogen-bond donors (Lipinski definition) is 2. The van der Waals surface area contributed by atoms with Crippen LogP contribution in [-0.2, 0) is 9.59 Å². The van der Waals surface area contributed by atoms with Gasteiger partial charge in [-0.1, -0.05) is 6.42 Å². The van der Waals surface area contributed by atoms with Gasteiger partial charge in [-0.2, -0.15) is 0 Å². The third-order valence-corrected chi connectivity index (χ3v) is 3.75. The van der Waals surface area contributed by atoms with Gasteiger partial charge in [0.25, 0.3) is 0 Å². The van der Waals surface area contributed by atoms with Crippen molar-refractivity contribution >= 4 is 24.2 Å². The van der Waals surface area contributed by atoms with Crippen molar-refractivity contribution in [1.82, 2.24) is 15.5 Å². The summed E-state index contributed by atoms with van der Waals surface area (Å²) in [6.45, 7) is 2.74. The lowest BCUT2D eigenvalue weighted by Crippen LogP contribution is -2.50. The summed E-state index contributed by atoms with van der Waals surface area (Å²) in [6, 6.07) is -0.104. The fourth-order valence-electron chi connectivity index (χ4n) is 2.62. The molecule has 2 saturated heterocycles. The summed E-state index contributed by atoms with van der Waals surface area (Å²) in [4.78, 5) is 25.6. The summed E-state index contributed by atoms with van der Waals surface area (Å²) in [5.74, 6) is 0.0268. The predicted molar refractivity (Wildman–Crippen MR) is 76.3 cm³/mol. The Morgan fingerprint density at radius 1 is 1.11 bits per heavy atom. The van der Waals surface area contributed by atoms with Gasteiger partial charge >= 0.3 is 0 Å². The Balaban J connectivity index is 0.00000180. The standard InChI is InChI=1S/C13H23N3O2.ClH/c17-12(16-8-4-1-5-9-16)10-15-13(18)11-6-2-3-7-14-11;/h11,14H,1-10H2,(H,15,18);1H/t11-;/m1./s1. The smallest absolute Gasteiger partial charge is 0.241 e. The van der Waals surface area contributed by atoms with E-state index in [0.717, 1.165) is 51.7 Å². The van der Waals surface area contributed by atoms with Crippen LogP contribution >= 0.6 is 12.4 Å². The molecule has 6 heteroatoms. The monoisotopic (exact) mass is 289 g/mol. The molecule has 2 rings (SSSR count). The lowest BCUT2D eigenvalue weighted by Gasteiger charge is -2.27. The van der Waals surface area contributed by atoms with Gasteiger partial charge in [-0.05, 0) is 38.6 Å². The van der Waals surface area contributed by atoms with E-state index in [2.05, 4.69) is 10.6 Å². The zero-order valence-electron chi connectivity index (χ0n) is 11.3. The summed E-state index contributed by atoms with van der Waals surface area (Å²) in [5, 5.41) is 5.94. The minimum atomic E-state index is -0.104. The lowest BCUT2D eigenvalue weighted by atomic mass is 10.0. The highest BCUT2D eigenvalue weighted by atomic mass is 35.5. The summed E-state index contributed by atoms with van der Waals surface area (Å²) < 4.78 is 0. The maximum atomic E-state index is 11.9. The molecule has 0 radical (unpaired) electrons. The topological polar surface area (TPSA) is 61.4 Å². The molecule has 0 aromatic rings. The number of amides is 2. The molecule has 110 valence electrons. The van der Waals surface area contributed by atoms with Gasteiger partial charge in [0.15, 0.2) is 0 Å². The minimum absolute atomic E-state index is 0. The van der Waals surface area contributed by atoms with Crippen molar-refractivity contribution in [3.63, 3.8) is 0 Å². The van der Waals surface area contributed by atoms with Crippen LogP contribution in [0, 0.1) is 0 Å². The van der Waals surface area contributed by atoms with Crippen LogP contribution in [0.15, 0.2) is 0 Å². The molecule has 2 heterocycles. The van der Waals surface area contributed by atoms with Crippen molar-refractivity contribution in [1.29, 1.82) is 0 Å². The SMILES string of the molecule is Cl.O=C(NCC(=O)N1CCCCC1)[C@H]1CCCCN1. The van der Waals surface area contributed by atoms with Gasteiger partial charge in [0, 0.05) is 13.1 Å². The molecule has 2 fully saturated rings. The molecule has 19 heavy (non-hydrogen) atoms. The van der Waals surface area contributed by atoms with Crippen LogP contribution < -0.4 is 10.6 Å². The summed E-state index contributed by atoms with van der Waals surface area (Å²) in [6.07, 6.45) is 6.49. The molecule has 0 aromatic heterocycles. The molecule has 2 N–H and O–H groups in total. The third kappa shape index (κ3) is 4.99. The number of carbonyl (C=O) groups excluding carboxylic acids is 2. The highest BCUT2D eigenvalue weighted by Gasteiger charge is 2.22. The molecule has 2 aliphatic rings. The maximum absolute atomic E-state index is 11.9. The van der Waals surface area contributed by atoms with E-state index in [1.807, 2.05) is 4.90 Å². The second-order valence-corrected chi connectivity index (χ2v) is 5.16. The van der Waals surface area contributed by atoms with Gasteiger partial charge in [0.2, 0.25) is 11.8 Å². The number of carbonyl (C=O) groups is 2. The highest BCUT2D eigenvalue weighted by molar-refractivity contribution is 5.87. The third-order valence-electron chi connectivity index (χ3n) is 3.75. The number of nitrogens with zero attached hydrogens (tertiary/aromatic N) is 1. The van der Waals surface area contributed by atoms with Gasteiger partial charge in [0.05, 0.1) is 12.6 Å². The van der Waals surface area contributed by atoms with Gasteiger partial charge < -0.3 is 15.5 Å². The van der Waals surface area contributed by atoms with Crippen molar-refractivity contribution in [3.05, 3.63) is 0 Å². The highest BCUT2D eigenvalue weighted by Crippen LogP contribution is 2.09. The van der Waals surface area contributed by atoms with E-state index in [1.54, 1.807) is 0 Å². The first kappa shape index (κ1) is 16.2. The Hall–Kier alpha value is -0.810. The Kier molecular flexibility index (Phi) is 7.16. The molecule has 2 aliphatic heterocycles. The minimum Gasteiger partial charge on any atom is -0.346 e. The fraction of sp³-hybridized carbons (Fsp3) is 0.846. The largest absolute Gasteiger partial charge is 0.346 e. The van der Waals surface area contributed by atoms with Crippen molar-refractivity contribution < 1.29 is 9.59 Å².